The maximum absolute atomic E-state index is 6.55. The van der Waals surface area contributed by atoms with Crippen LogP contribution in [0.4, 0.5) is 11.4 Å². The second-order valence-electron chi connectivity index (χ2n) is 6.61. The Balaban J connectivity index is 1.70. The number of nitrogens with zero attached hydrogens (tertiary/aromatic N) is 1. The van der Waals surface area contributed by atoms with Crippen LogP contribution in [-0.4, -0.2) is 26.8 Å². The number of piperidine rings is 1. The predicted octanol–water partition coefficient (Wildman–Crippen LogP) is 6.11. The van der Waals surface area contributed by atoms with E-state index >= 15 is 0 Å². The highest BCUT2D eigenvalue weighted by molar-refractivity contribution is 9.10. The standard InChI is InChI=1S/C21H26BrClN2O2/c1-3-27-20-12-15(11-17(22)21(20)26-2)14-24-16-7-8-19(18(23)13-16)25-9-5-4-6-10-25/h7-8,11-13,24H,3-6,9-10,14H2,1-2H3. The molecule has 0 atom stereocenters. The molecular formula is C21H26BrClN2O2. The Bertz CT molecular complexity index is 779. The summed E-state index contributed by atoms with van der Waals surface area (Å²) < 4.78 is 12.0. The van der Waals surface area contributed by atoms with Crippen molar-refractivity contribution in [1.82, 2.24) is 0 Å². The van der Waals surface area contributed by atoms with E-state index in [4.69, 9.17) is 21.1 Å². The summed E-state index contributed by atoms with van der Waals surface area (Å²) in [5.41, 5.74) is 3.24. The fourth-order valence-electron chi connectivity index (χ4n) is 3.40. The summed E-state index contributed by atoms with van der Waals surface area (Å²) >= 11 is 10.1. The SMILES string of the molecule is CCOc1cc(CNc2ccc(N3CCCCC3)c(Cl)c2)cc(Br)c1OC. The van der Waals surface area contributed by atoms with Crippen LogP contribution in [0.5, 0.6) is 11.5 Å². The zero-order chi connectivity index (χ0) is 19.2. The summed E-state index contributed by atoms with van der Waals surface area (Å²) in [6.45, 7) is 5.40. The van der Waals surface area contributed by atoms with E-state index in [-0.39, 0.29) is 0 Å². The van der Waals surface area contributed by atoms with Gasteiger partial charge in [-0.15, -0.1) is 0 Å². The molecule has 0 amide bonds. The van der Waals surface area contributed by atoms with Gasteiger partial charge in [0, 0.05) is 25.3 Å². The largest absolute Gasteiger partial charge is 0.492 e. The Morgan fingerprint density at radius 3 is 2.59 bits per heavy atom. The van der Waals surface area contributed by atoms with Crippen LogP contribution in [0.3, 0.4) is 0 Å². The van der Waals surface area contributed by atoms with Crippen molar-refractivity contribution in [1.29, 1.82) is 0 Å². The molecular weight excluding hydrogens is 428 g/mol. The number of anilines is 2. The molecule has 2 aromatic rings. The van der Waals surface area contributed by atoms with Gasteiger partial charge in [-0.2, -0.15) is 0 Å². The van der Waals surface area contributed by atoms with Crippen molar-refractivity contribution in [3.8, 4) is 11.5 Å². The molecule has 0 aliphatic carbocycles. The van der Waals surface area contributed by atoms with Gasteiger partial charge in [0.05, 0.1) is 28.9 Å². The number of hydrogen-bond donors (Lipinski definition) is 1. The smallest absolute Gasteiger partial charge is 0.174 e. The van der Waals surface area contributed by atoms with Crippen LogP contribution in [0, 0.1) is 0 Å². The van der Waals surface area contributed by atoms with Crippen LogP contribution in [0.25, 0.3) is 0 Å². The number of halogens is 2. The first-order chi connectivity index (χ1) is 13.1. The van der Waals surface area contributed by atoms with Gasteiger partial charge in [0.25, 0.3) is 0 Å². The van der Waals surface area contributed by atoms with E-state index < -0.39 is 0 Å². The molecule has 2 aromatic carbocycles. The summed E-state index contributed by atoms with van der Waals surface area (Å²) in [5, 5.41) is 4.24. The minimum Gasteiger partial charge on any atom is -0.492 e. The van der Waals surface area contributed by atoms with Crippen molar-refractivity contribution in [2.75, 3.05) is 37.0 Å². The summed E-state index contributed by atoms with van der Waals surface area (Å²) in [6.07, 6.45) is 3.80. The third-order valence-corrected chi connectivity index (χ3v) is 5.61. The molecule has 1 saturated heterocycles. The molecule has 3 rings (SSSR count). The summed E-state index contributed by atoms with van der Waals surface area (Å²) in [4.78, 5) is 2.38. The van der Waals surface area contributed by atoms with E-state index in [1.165, 1.54) is 19.3 Å². The minimum atomic E-state index is 0.591. The van der Waals surface area contributed by atoms with Crippen molar-refractivity contribution in [3.05, 3.63) is 45.4 Å². The molecule has 0 spiro atoms. The lowest BCUT2D eigenvalue weighted by Crippen LogP contribution is -2.29. The highest BCUT2D eigenvalue weighted by Gasteiger charge is 2.14. The van der Waals surface area contributed by atoms with Gasteiger partial charge in [0.1, 0.15) is 0 Å². The summed E-state index contributed by atoms with van der Waals surface area (Å²) in [6, 6.07) is 10.3. The molecule has 0 saturated carbocycles. The Morgan fingerprint density at radius 1 is 1.15 bits per heavy atom. The second-order valence-corrected chi connectivity index (χ2v) is 7.87. The molecule has 27 heavy (non-hydrogen) atoms. The average Bonchev–Trinajstić information content (AvgIpc) is 2.67. The molecule has 0 unspecified atom stereocenters. The van der Waals surface area contributed by atoms with Crippen LogP contribution in [0.1, 0.15) is 31.7 Å². The van der Waals surface area contributed by atoms with Crippen molar-refractivity contribution >= 4 is 38.9 Å². The van der Waals surface area contributed by atoms with E-state index in [9.17, 15) is 0 Å². The molecule has 146 valence electrons. The predicted molar refractivity (Wildman–Crippen MR) is 117 cm³/mol. The monoisotopic (exact) mass is 452 g/mol. The van der Waals surface area contributed by atoms with E-state index in [1.807, 2.05) is 25.1 Å². The Morgan fingerprint density at radius 2 is 1.93 bits per heavy atom. The van der Waals surface area contributed by atoms with Crippen molar-refractivity contribution in [2.24, 2.45) is 0 Å². The zero-order valence-electron chi connectivity index (χ0n) is 15.9. The first-order valence-electron chi connectivity index (χ1n) is 9.40. The maximum Gasteiger partial charge on any atom is 0.174 e. The Kier molecular flexibility index (Phi) is 7.13. The first kappa shape index (κ1) is 20.2. The number of hydrogen-bond acceptors (Lipinski definition) is 4. The molecule has 0 bridgehead atoms. The van der Waals surface area contributed by atoms with E-state index in [0.29, 0.717) is 13.2 Å². The van der Waals surface area contributed by atoms with E-state index in [1.54, 1.807) is 7.11 Å². The quantitative estimate of drug-likeness (QED) is 0.548. The van der Waals surface area contributed by atoms with Gasteiger partial charge in [-0.1, -0.05) is 11.6 Å². The lowest BCUT2D eigenvalue weighted by atomic mass is 10.1. The molecule has 6 heteroatoms. The normalized spacial score (nSPS) is 14.1. The van der Waals surface area contributed by atoms with Crippen molar-refractivity contribution < 1.29 is 9.47 Å². The minimum absolute atomic E-state index is 0.591. The van der Waals surface area contributed by atoms with E-state index in [0.717, 1.165) is 51.0 Å². The van der Waals surface area contributed by atoms with Crippen LogP contribution < -0.4 is 19.7 Å². The summed E-state index contributed by atoms with van der Waals surface area (Å²) in [5.74, 6) is 1.46. The lowest BCUT2D eigenvalue weighted by molar-refractivity contribution is 0.309. The maximum atomic E-state index is 6.55. The number of ether oxygens (including phenoxy) is 2. The number of benzene rings is 2. The third-order valence-electron chi connectivity index (χ3n) is 4.71. The molecule has 4 nitrogen and oxygen atoms in total. The van der Waals surface area contributed by atoms with Gasteiger partial charge in [0.15, 0.2) is 11.5 Å². The summed E-state index contributed by atoms with van der Waals surface area (Å²) in [7, 11) is 1.65. The topological polar surface area (TPSA) is 33.7 Å². The van der Waals surface area contributed by atoms with Gasteiger partial charge >= 0.3 is 0 Å². The van der Waals surface area contributed by atoms with Gasteiger partial charge in [-0.05, 0) is 78.0 Å². The molecule has 1 aliphatic rings. The molecule has 0 aromatic heterocycles. The number of rotatable bonds is 7. The molecule has 1 N–H and O–H groups in total. The van der Waals surface area contributed by atoms with E-state index in [2.05, 4.69) is 38.3 Å². The fourth-order valence-corrected chi connectivity index (χ4v) is 4.35. The average molecular weight is 454 g/mol. The van der Waals surface area contributed by atoms with Crippen molar-refractivity contribution in [2.45, 2.75) is 32.7 Å². The lowest BCUT2D eigenvalue weighted by Gasteiger charge is -2.29. The number of nitrogens with one attached hydrogen (secondary N) is 1. The molecule has 0 radical (unpaired) electrons. The van der Waals surface area contributed by atoms with Gasteiger partial charge in [-0.3, -0.25) is 0 Å². The van der Waals surface area contributed by atoms with Gasteiger partial charge in [0.2, 0.25) is 0 Å². The molecule has 1 fully saturated rings. The van der Waals surface area contributed by atoms with Crippen LogP contribution in [0.2, 0.25) is 5.02 Å². The molecule has 1 heterocycles. The fraction of sp³-hybridized carbons (Fsp3) is 0.429. The molecule has 1 aliphatic heterocycles. The highest BCUT2D eigenvalue weighted by atomic mass is 79.9. The van der Waals surface area contributed by atoms with Crippen LogP contribution in [0.15, 0.2) is 34.8 Å². The van der Waals surface area contributed by atoms with Gasteiger partial charge in [-0.25, -0.2) is 0 Å². The van der Waals surface area contributed by atoms with Crippen LogP contribution in [-0.2, 0) is 6.54 Å². The second kappa shape index (κ2) is 9.56. The van der Waals surface area contributed by atoms with Crippen LogP contribution >= 0.6 is 27.5 Å². The zero-order valence-corrected chi connectivity index (χ0v) is 18.2. The van der Waals surface area contributed by atoms with Crippen molar-refractivity contribution in [3.63, 3.8) is 0 Å². The Hall–Kier alpha value is -1.59. The first-order valence-corrected chi connectivity index (χ1v) is 10.6. The third kappa shape index (κ3) is 5.02. The van der Waals surface area contributed by atoms with Gasteiger partial charge < -0.3 is 19.7 Å². The highest BCUT2D eigenvalue weighted by Crippen LogP contribution is 2.37. The number of methoxy groups -OCH3 is 1. The Labute approximate surface area is 174 Å².